The van der Waals surface area contributed by atoms with Crippen molar-refractivity contribution in [3.8, 4) is 0 Å². The minimum Gasteiger partial charge on any atom is -0.445 e. The third-order valence-corrected chi connectivity index (χ3v) is 3.24. The van der Waals surface area contributed by atoms with Gasteiger partial charge in [0, 0.05) is 0 Å². The molecule has 1 amide bonds. The monoisotopic (exact) mass is 285 g/mol. The van der Waals surface area contributed by atoms with Gasteiger partial charge in [0.2, 0.25) is 0 Å². The molecule has 6 nitrogen and oxygen atoms in total. The summed E-state index contributed by atoms with van der Waals surface area (Å²) in [6.07, 6.45) is 0.0695. The van der Waals surface area contributed by atoms with Crippen LogP contribution in [0, 0.1) is 0 Å². The summed E-state index contributed by atoms with van der Waals surface area (Å²) >= 11 is 0. The molecule has 0 N–H and O–H groups in total. The lowest BCUT2D eigenvalue weighted by molar-refractivity contribution is 0.0119. The molecule has 1 aliphatic rings. The van der Waals surface area contributed by atoms with Crippen LogP contribution < -0.4 is 0 Å². The number of nitrogens with zero attached hydrogens (tertiary/aromatic N) is 1. The Morgan fingerprint density at radius 3 is 2.53 bits per heavy atom. The number of amides is 1. The van der Waals surface area contributed by atoms with Crippen LogP contribution >= 0.6 is 0 Å². The molecule has 1 aromatic carbocycles. The van der Waals surface area contributed by atoms with Gasteiger partial charge in [0.15, 0.2) is 0 Å². The van der Waals surface area contributed by atoms with Crippen molar-refractivity contribution < 1.29 is 22.1 Å². The molecule has 1 aromatic rings. The van der Waals surface area contributed by atoms with Gasteiger partial charge in [-0.05, 0) is 5.56 Å². The van der Waals surface area contributed by atoms with Gasteiger partial charge in [-0.15, -0.1) is 0 Å². The van der Waals surface area contributed by atoms with Crippen molar-refractivity contribution >= 4 is 16.2 Å². The smallest absolute Gasteiger partial charge is 0.410 e. The van der Waals surface area contributed by atoms with Gasteiger partial charge in [0.1, 0.15) is 12.7 Å². The number of carbonyl (C=O) groups excluding carboxylic acids is 1. The van der Waals surface area contributed by atoms with E-state index in [-0.39, 0.29) is 19.7 Å². The number of likely N-dealkylation sites (tertiary alicyclic amines) is 1. The standard InChI is InChI=1S/C12H15NO5S/c1-19(15,16)18-11-7-13(8-11)12(14)17-9-10-5-3-2-4-6-10/h2-6,11H,7-9H2,1H3. The molecular formula is C12H15NO5S. The average Bonchev–Trinajstić information content (AvgIpc) is 2.30. The minimum atomic E-state index is -3.47. The largest absolute Gasteiger partial charge is 0.445 e. The summed E-state index contributed by atoms with van der Waals surface area (Å²) in [5.41, 5.74) is 0.903. The van der Waals surface area contributed by atoms with E-state index in [0.717, 1.165) is 11.8 Å². The Bertz CT molecular complexity index is 536. The third kappa shape index (κ3) is 4.22. The number of rotatable bonds is 4. The molecule has 0 spiro atoms. The third-order valence-electron chi connectivity index (χ3n) is 2.62. The lowest BCUT2D eigenvalue weighted by atomic mass is 10.2. The molecule has 1 heterocycles. The minimum absolute atomic E-state index is 0.202. The van der Waals surface area contributed by atoms with Crippen LogP contribution in [0.25, 0.3) is 0 Å². The molecule has 2 rings (SSSR count). The maximum absolute atomic E-state index is 11.6. The van der Waals surface area contributed by atoms with Crippen LogP contribution in [0.1, 0.15) is 5.56 Å². The summed E-state index contributed by atoms with van der Waals surface area (Å²) < 4.78 is 31.6. The zero-order chi connectivity index (χ0) is 13.9. The van der Waals surface area contributed by atoms with Gasteiger partial charge in [-0.1, -0.05) is 30.3 Å². The Balaban J connectivity index is 1.72. The fourth-order valence-corrected chi connectivity index (χ4v) is 2.32. The van der Waals surface area contributed by atoms with E-state index in [2.05, 4.69) is 0 Å². The van der Waals surface area contributed by atoms with Crippen molar-refractivity contribution in [2.45, 2.75) is 12.7 Å². The first-order valence-corrected chi connectivity index (χ1v) is 7.59. The molecule has 0 unspecified atom stereocenters. The van der Waals surface area contributed by atoms with Gasteiger partial charge in [-0.2, -0.15) is 8.42 Å². The second-order valence-electron chi connectivity index (χ2n) is 4.37. The highest BCUT2D eigenvalue weighted by Gasteiger charge is 2.34. The van der Waals surface area contributed by atoms with Crippen molar-refractivity contribution in [2.24, 2.45) is 0 Å². The van der Waals surface area contributed by atoms with Crippen molar-refractivity contribution in [1.82, 2.24) is 4.90 Å². The Morgan fingerprint density at radius 2 is 1.95 bits per heavy atom. The summed E-state index contributed by atoms with van der Waals surface area (Å²) in [4.78, 5) is 13.0. The second-order valence-corrected chi connectivity index (χ2v) is 5.97. The zero-order valence-corrected chi connectivity index (χ0v) is 11.3. The van der Waals surface area contributed by atoms with E-state index in [4.69, 9.17) is 8.92 Å². The molecule has 0 aromatic heterocycles. The van der Waals surface area contributed by atoms with Gasteiger partial charge < -0.3 is 9.64 Å². The van der Waals surface area contributed by atoms with Crippen molar-refractivity contribution in [3.05, 3.63) is 35.9 Å². The normalized spacial score (nSPS) is 15.9. The summed E-state index contributed by atoms with van der Waals surface area (Å²) in [6, 6.07) is 9.33. The molecule has 19 heavy (non-hydrogen) atoms. The van der Waals surface area contributed by atoms with Gasteiger partial charge in [-0.3, -0.25) is 4.18 Å². The van der Waals surface area contributed by atoms with Crippen LogP contribution in [0.5, 0.6) is 0 Å². The van der Waals surface area contributed by atoms with E-state index in [1.54, 1.807) is 0 Å². The van der Waals surface area contributed by atoms with E-state index < -0.39 is 22.3 Å². The highest BCUT2D eigenvalue weighted by atomic mass is 32.2. The zero-order valence-electron chi connectivity index (χ0n) is 10.5. The predicted octanol–water partition coefficient (Wildman–Crippen LogP) is 0.984. The molecular weight excluding hydrogens is 270 g/mol. The molecule has 1 saturated heterocycles. The fraction of sp³-hybridized carbons (Fsp3) is 0.417. The molecule has 0 radical (unpaired) electrons. The summed E-state index contributed by atoms with van der Waals surface area (Å²) in [7, 11) is -3.47. The number of carbonyl (C=O) groups is 1. The maximum atomic E-state index is 11.6. The van der Waals surface area contributed by atoms with E-state index in [0.29, 0.717) is 0 Å². The van der Waals surface area contributed by atoms with Crippen LogP contribution in [-0.4, -0.2) is 44.9 Å². The van der Waals surface area contributed by atoms with Crippen LogP contribution in [0.2, 0.25) is 0 Å². The summed E-state index contributed by atoms with van der Waals surface area (Å²) in [5, 5.41) is 0. The highest BCUT2D eigenvalue weighted by molar-refractivity contribution is 7.86. The maximum Gasteiger partial charge on any atom is 0.410 e. The molecule has 0 atom stereocenters. The van der Waals surface area contributed by atoms with Crippen LogP contribution in [0.4, 0.5) is 4.79 Å². The van der Waals surface area contributed by atoms with E-state index in [1.807, 2.05) is 30.3 Å². The Hall–Kier alpha value is -1.60. The van der Waals surface area contributed by atoms with Gasteiger partial charge >= 0.3 is 6.09 Å². The first-order valence-electron chi connectivity index (χ1n) is 5.78. The average molecular weight is 285 g/mol. The van der Waals surface area contributed by atoms with Gasteiger partial charge in [-0.25, -0.2) is 4.79 Å². The fourth-order valence-electron chi connectivity index (χ4n) is 1.71. The Morgan fingerprint density at radius 1 is 1.32 bits per heavy atom. The van der Waals surface area contributed by atoms with E-state index in [1.165, 1.54) is 4.90 Å². The highest BCUT2D eigenvalue weighted by Crippen LogP contribution is 2.15. The molecule has 1 fully saturated rings. The van der Waals surface area contributed by atoms with Gasteiger partial charge in [0.25, 0.3) is 10.1 Å². The first-order chi connectivity index (χ1) is 8.94. The Labute approximate surface area is 112 Å². The topological polar surface area (TPSA) is 72.9 Å². The quantitative estimate of drug-likeness (QED) is 0.771. The first kappa shape index (κ1) is 13.8. The summed E-state index contributed by atoms with van der Waals surface area (Å²) in [6.45, 7) is 0.676. The molecule has 1 aliphatic heterocycles. The number of hydrogen-bond donors (Lipinski definition) is 0. The number of ether oxygens (including phenoxy) is 1. The molecule has 0 aliphatic carbocycles. The molecule has 7 heteroatoms. The van der Waals surface area contributed by atoms with Crippen LogP contribution in [-0.2, 0) is 25.6 Å². The summed E-state index contributed by atoms with van der Waals surface area (Å²) in [5.74, 6) is 0. The number of hydrogen-bond acceptors (Lipinski definition) is 5. The van der Waals surface area contributed by atoms with Crippen molar-refractivity contribution in [1.29, 1.82) is 0 Å². The SMILES string of the molecule is CS(=O)(=O)OC1CN(C(=O)OCc2ccccc2)C1. The van der Waals surface area contributed by atoms with Crippen molar-refractivity contribution in [3.63, 3.8) is 0 Å². The number of benzene rings is 1. The van der Waals surface area contributed by atoms with Crippen LogP contribution in [0.15, 0.2) is 30.3 Å². The van der Waals surface area contributed by atoms with E-state index >= 15 is 0 Å². The van der Waals surface area contributed by atoms with Gasteiger partial charge in [0.05, 0.1) is 19.3 Å². The molecule has 0 bridgehead atoms. The Kier molecular flexibility index (Phi) is 4.06. The molecule has 104 valence electrons. The van der Waals surface area contributed by atoms with E-state index in [9.17, 15) is 13.2 Å². The van der Waals surface area contributed by atoms with Crippen molar-refractivity contribution in [2.75, 3.05) is 19.3 Å². The molecule has 0 saturated carbocycles. The lowest BCUT2D eigenvalue weighted by Gasteiger charge is -2.36. The second kappa shape index (κ2) is 5.58. The van der Waals surface area contributed by atoms with Crippen LogP contribution in [0.3, 0.4) is 0 Å². The lowest BCUT2D eigenvalue weighted by Crippen LogP contribution is -2.55. The predicted molar refractivity (Wildman–Crippen MR) is 67.9 cm³/mol.